The van der Waals surface area contributed by atoms with Gasteiger partial charge in [-0.05, 0) is 49.9 Å². The molecule has 9 heteroatoms. The Balaban J connectivity index is 1.11. The first kappa shape index (κ1) is 21.4. The number of piperidine rings is 1. The Morgan fingerprint density at radius 1 is 1.09 bits per heavy atom. The van der Waals surface area contributed by atoms with Crippen molar-refractivity contribution in [3.8, 4) is 0 Å². The molecule has 2 aliphatic heterocycles. The number of benzene rings is 1. The molecule has 0 bridgehead atoms. The highest BCUT2D eigenvalue weighted by Crippen LogP contribution is 2.39. The summed E-state index contributed by atoms with van der Waals surface area (Å²) in [5.74, 6) is -0.780. The zero-order valence-electron chi connectivity index (χ0n) is 18.2. The van der Waals surface area contributed by atoms with Gasteiger partial charge in [-0.25, -0.2) is 4.79 Å². The molecule has 2 saturated heterocycles. The van der Waals surface area contributed by atoms with Crippen LogP contribution in [-0.4, -0.2) is 57.6 Å². The number of ether oxygens (including phenoxy) is 1. The van der Waals surface area contributed by atoms with E-state index in [0.717, 1.165) is 25.7 Å². The maximum Gasteiger partial charge on any atom is 0.420 e. The fourth-order valence-corrected chi connectivity index (χ4v) is 4.79. The van der Waals surface area contributed by atoms with Gasteiger partial charge in [-0.1, -0.05) is 12.1 Å². The molecule has 2 fully saturated rings. The van der Waals surface area contributed by atoms with Crippen molar-refractivity contribution in [3.63, 3.8) is 0 Å². The summed E-state index contributed by atoms with van der Waals surface area (Å²) in [7, 11) is 0. The molecular weight excluding hydrogens is 424 g/mol. The molecule has 2 amide bonds. The van der Waals surface area contributed by atoms with Crippen LogP contribution in [0.5, 0.6) is 0 Å². The van der Waals surface area contributed by atoms with Gasteiger partial charge in [0.25, 0.3) is 5.91 Å². The maximum absolute atomic E-state index is 12.7. The summed E-state index contributed by atoms with van der Waals surface area (Å²) in [6.45, 7) is 1.60. The first-order valence-electron chi connectivity index (χ1n) is 11.3. The van der Waals surface area contributed by atoms with Crippen LogP contribution < -0.4 is 11.1 Å². The highest BCUT2D eigenvalue weighted by atomic mass is 16.5. The second kappa shape index (κ2) is 8.82. The lowest BCUT2D eigenvalue weighted by molar-refractivity contribution is -0.123. The van der Waals surface area contributed by atoms with Gasteiger partial charge in [-0.15, -0.1) is 0 Å². The van der Waals surface area contributed by atoms with Gasteiger partial charge in [0.2, 0.25) is 5.91 Å². The molecule has 3 aromatic rings. The quantitative estimate of drug-likeness (QED) is 0.637. The summed E-state index contributed by atoms with van der Waals surface area (Å²) in [6, 6.07) is 10.5. The lowest BCUT2D eigenvalue weighted by Gasteiger charge is -2.39. The Hall–Kier alpha value is -3.46. The van der Waals surface area contributed by atoms with Crippen LogP contribution >= 0.6 is 0 Å². The highest BCUT2D eigenvalue weighted by Gasteiger charge is 2.43. The third-order valence-corrected chi connectivity index (χ3v) is 6.63. The number of nitrogens with zero attached hydrogens (tertiary/aromatic N) is 3. The number of hydrogen-bond donors (Lipinski definition) is 1. The Morgan fingerprint density at radius 3 is 2.64 bits per heavy atom. The number of aromatic nitrogens is 2. The molecule has 0 aliphatic carbocycles. The van der Waals surface area contributed by atoms with Gasteiger partial charge >= 0.3 is 5.76 Å². The minimum atomic E-state index is -0.546. The van der Waals surface area contributed by atoms with Crippen molar-refractivity contribution in [1.29, 1.82) is 0 Å². The van der Waals surface area contributed by atoms with Crippen LogP contribution in [0, 0.1) is 0 Å². The molecule has 2 aliphatic rings. The van der Waals surface area contributed by atoms with E-state index in [9.17, 15) is 14.4 Å². The molecule has 1 N–H and O–H groups in total. The van der Waals surface area contributed by atoms with Crippen molar-refractivity contribution in [2.45, 2.75) is 43.9 Å². The van der Waals surface area contributed by atoms with Crippen LogP contribution in [0.25, 0.3) is 11.1 Å². The Bertz CT molecular complexity index is 1210. The van der Waals surface area contributed by atoms with Crippen LogP contribution in [-0.2, 0) is 16.1 Å². The number of carbonyl (C=O) groups excluding carboxylic acids is 2. The molecule has 2 aromatic heterocycles. The summed E-state index contributed by atoms with van der Waals surface area (Å²) in [5.41, 5.74) is 1.48. The van der Waals surface area contributed by atoms with Gasteiger partial charge in [-0.3, -0.25) is 19.1 Å². The number of carbonyl (C=O) groups is 2. The molecule has 5 rings (SSSR count). The topological polar surface area (TPSA) is 107 Å². The third-order valence-electron chi connectivity index (χ3n) is 6.63. The minimum absolute atomic E-state index is 0.0241. The van der Waals surface area contributed by atoms with Gasteiger partial charge < -0.3 is 19.4 Å². The number of para-hydroxylation sites is 2. The standard InChI is InChI=1S/C24H26N4O5/c29-21(16-28-19-3-1-2-4-20(19)32-23(28)31)26-15-18-5-8-24(33-18)9-13-27(14-10-24)22(30)17-6-11-25-12-7-17/h1-4,6-7,11-12,18H,5,8-10,13-16H2,(H,26,29). The number of hydrogen-bond acceptors (Lipinski definition) is 6. The summed E-state index contributed by atoms with van der Waals surface area (Å²) in [4.78, 5) is 43.0. The monoisotopic (exact) mass is 450 g/mol. The molecule has 172 valence electrons. The maximum atomic E-state index is 12.7. The van der Waals surface area contributed by atoms with Gasteiger partial charge in [-0.2, -0.15) is 0 Å². The first-order chi connectivity index (χ1) is 16.0. The predicted octanol–water partition coefficient (Wildman–Crippen LogP) is 1.96. The molecule has 1 aromatic carbocycles. The summed E-state index contributed by atoms with van der Waals surface area (Å²) in [5, 5.41) is 2.89. The van der Waals surface area contributed by atoms with Gasteiger partial charge in [0.05, 0.1) is 17.2 Å². The molecular formula is C24H26N4O5. The van der Waals surface area contributed by atoms with Gasteiger partial charge in [0.15, 0.2) is 5.58 Å². The Kier molecular flexibility index (Phi) is 5.72. The van der Waals surface area contributed by atoms with Crippen LogP contribution in [0.4, 0.5) is 0 Å². The lowest BCUT2D eigenvalue weighted by atomic mass is 9.88. The fraction of sp³-hybridized carbons (Fsp3) is 0.417. The van der Waals surface area contributed by atoms with E-state index in [0.29, 0.717) is 36.3 Å². The fourth-order valence-electron chi connectivity index (χ4n) is 4.79. The van der Waals surface area contributed by atoms with E-state index in [1.54, 1.807) is 48.8 Å². The van der Waals surface area contributed by atoms with Crippen molar-refractivity contribution in [1.82, 2.24) is 19.8 Å². The number of fused-ring (bicyclic) bond motifs is 1. The van der Waals surface area contributed by atoms with Gasteiger partial charge in [0, 0.05) is 37.6 Å². The normalized spacial score (nSPS) is 19.8. The molecule has 0 radical (unpaired) electrons. The van der Waals surface area contributed by atoms with Crippen LogP contribution in [0.15, 0.2) is 58.0 Å². The number of pyridine rings is 1. The molecule has 1 unspecified atom stereocenters. The lowest BCUT2D eigenvalue weighted by Crippen LogP contribution is -2.47. The van der Waals surface area contributed by atoms with Crippen molar-refractivity contribution in [3.05, 3.63) is 64.9 Å². The predicted molar refractivity (Wildman–Crippen MR) is 120 cm³/mol. The first-order valence-corrected chi connectivity index (χ1v) is 11.3. The average Bonchev–Trinajstić information content (AvgIpc) is 3.39. The van der Waals surface area contributed by atoms with E-state index < -0.39 is 5.76 Å². The number of likely N-dealkylation sites (tertiary alicyclic amines) is 1. The summed E-state index contributed by atoms with van der Waals surface area (Å²) < 4.78 is 12.9. The molecule has 1 atom stereocenters. The number of nitrogens with one attached hydrogen (secondary N) is 1. The Morgan fingerprint density at radius 2 is 1.85 bits per heavy atom. The van der Waals surface area contributed by atoms with E-state index in [4.69, 9.17) is 9.15 Å². The number of oxazole rings is 1. The molecule has 9 nitrogen and oxygen atoms in total. The van der Waals surface area contributed by atoms with E-state index in [1.165, 1.54) is 4.57 Å². The van der Waals surface area contributed by atoms with E-state index in [2.05, 4.69) is 10.3 Å². The second-order valence-corrected chi connectivity index (χ2v) is 8.72. The van der Waals surface area contributed by atoms with E-state index >= 15 is 0 Å². The summed E-state index contributed by atoms with van der Waals surface area (Å²) >= 11 is 0. The largest absolute Gasteiger partial charge is 0.420 e. The van der Waals surface area contributed by atoms with Crippen LogP contribution in [0.2, 0.25) is 0 Å². The highest BCUT2D eigenvalue weighted by molar-refractivity contribution is 5.94. The molecule has 33 heavy (non-hydrogen) atoms. The zero-order valence-corrected chi connectivity index (χ0v) is 18.2. The van der Waals surface area contributed by atoms with E-state index in [-0.39, 0.29) is 30.1 Å². The molecule has 0 saturated carbocycles. The second-order valence-electron chi connectivity index (χ2n) is 8.72. The molecule has 1 spiro atoms. The van der Waals surface area contributed by atoms with Crippen molar-refractivity contribution >= 4 is 22.9 Å². The van der Waals surface area contributed by atoms with Crippen molar-refractivity contribution < 1.29 is 18.7 Å². The number of amides is 2. The van der Waals surface area contributed by atoms with E-state index in [1.807, 2.05) is 4.90 Å². The van der Waals surface area contributed by atoms with Crippen LogP contribution in [0.1, 0.15) is 36.0 Å². The smallest absolute Gasteiger partial charge is 0.408 e. The number of rotatable bonds is 5. The third kappa shape index (κ3) is 4.41. The average molecular weight is 450 g/mol. The Labute approximate surface area is 190 Å². The minimum Gasteiger partial charge on any atom is -0.408 e. The zero-order chi connectivity index (χ0) is 22.8. The van der Waals surface area contributed by atoms with Crippen molar-refractivity contribution in [2.75, 3.05) is 19.6 Å². The van der Waals surface area contributed by atoms with Crippen molar-refractivity contribution in [2.24, 2.45) is 0 Å². The molecule has 4 heterocycles. The van der Waals surface area contributed by atoms with Crippen LogP contribution in [0.3, 0.4) is 0 Å². The SMILES string of the molecule is O=C(Cn1c(=O)oc2ccccc21)NCC1CCC2(CCN(C(=O)c3ccncc3)CC2)O1. The summed E-state index contributed by atoms with van der Waals surface area (Å²) in [6.07, 6.45) is 6.51. The van der Waals surface area contributed by atoms with Gasteiger partial charge in [0.1, 0.15) is 6.54 Å².